The number of nitrogens with one attached hydrogen (secondary N) is 1. The maximum atomic E-state index is 12.9. The van der Waals surface area contributed by atoms with E-state index in [-0.39, 0.29) is 38.1 Å². The molecule has 0 aliphatic heterocycles. The monoisotopic (exact) mass is 711 g/mol. The lowest BCUT2D eigenvalue weighted by Crippen LogP contribution is -2.43. The van der Waals surface area contributed by atoms with Crippen LogP contribution in [0.15, 0.2) is 0 Å². The van der Waals surface area contributed by atoms with Gasteiger partial charge in [0.15, 0.2) is 0 Å². The number of carboxylic acid groups (broad SMARTS) is 1. The van der Waals surface area contributed by atoms with Gasteiger partial charge in [0, 0.05) is 18.4 Å². The number of carbonyl (C=O) groups excluding carboxylic acids is 2. The zero-order valence-electron chi connectivity index (χ0n) is 30.5. The summed E-state index contributed by atoms with van der Waals surface area (Å²) in [5.74, 6) is -1.32. The van der Waals surface area contributed by atoms with Crippen LogP contribution in [-0.2, 0) is 57.0 Å². The quantitative estimate of drug-likeness (QED) is 0.0629. The van der Waals surface area contributed by atoms with Crippen molar-refractivity contribution in [3.63, 3.8) is 0 Å². The Morgan fingerprint density at radius 3 is 1.33 bits per heavy atom. The molecule has 0 spiro atoms. The fourth-order valence-corrected chi connectivity index (χ4v) is 4.49. The van der Waals surface area contributed by atoms with Gasteiger partial charge in [-0.1, -0.05) is 27.2 Å². The van der Waals surface area contributed by atoms with Crippen LogP contribution >= 0.6 is 0 Å². The summed E-state index contributed by atoms with van der Waals surface area (Å²) in [5, 5.41) is 20.2. The molecule has 0 aliphatic rings. The minimum Gasteiger partial charge on any atom is -0.481 e. The number of rotatable bonds is 37. The van der Waals surface area contributed by atoms with Gasteiger partial charge in [-0.3, -0.25) is 14.4 Å². The number of amides is 1. The third-order valence-electron chi connectivity index (χ3n) is 7.37. The van der Waals surface area contributed by atoms with Gasteiger partial charge in [-0.2, -0.15) is 0 Å². The molecular formula is C34H65NO14. The number of ether oxygens (including phenoxy) is 9. The van der Waals surface area contributed by atoms with Crippen LogP contribution in [-0.4, -0.2) is 154 Å². The summed E-state index contributed by atoms with van der Waals surface area (Å²) in [6.07, 6.45) is 3.00. The third kappa shape index (κ3) is 28.4. The smallest absolute Gasteiger partial charge is 0.311 e. The van der Waals surface area contributed by atoms with Crippen LogP contribution in [0.3, 0.4) is 0 Å². The molecule has 15 nitrogen and oxygen atoms in total. The van der Waals surface area contributed by atoms with E-state index in [9.17, 15) is 14.4 Å². The Balaban J connectivity index is 3.67. The van der Waals surface area contributed by atoms with Crippen LogP contribution in [0, 0.1) is 10.8 Å². The van der Waals surface area contributed by atoms with E-state index in [1.165, 1.54) is 0 Å². The number of carboxylic acids is 1. The van der Waals surface area contributed by atoms with Gasteiger partial charge in [0.2, 0.25) is 5.91 Å². The molecule has 0 rings (SSSR count). The minimum atomic E-state index is -0.824. The Bertz CT molecular complexity index is 816. The summed E-state index contributed by atoms with van der Waals surface area (Å²) in [5.41, 5.74) is -1.61. The zero-order valence-corrected chi connectivity index (χ0v) is 30.5. The van der Waals surface area contributed by atoms with E-state index in [1.54, 1.807) is 0 Å². The van der Waals surface area contributed by atoms with E-state index in [1.807, 2.05) is 27.7 Å². The maximum absolute atomic E-state index is 12.9. The van der Waals surface area contributed by atoms with Crippen molar-refractivity contribution in [1.29, 1.82) is 0 Å². The molecule has 0 bridgehead atoms. The van der Waals surface area contributed by atoms with Crippen LogP contribution in [0.1, 0.15) is 66.2 Å². The number of aliphatic carboxylic acids is 1. The molecule has 290 valence electrons. The molecule has 0 fully saturated rings. The number of carbonyl (C=O) groups is 3. The van der Waals surface area contributed by atoms with E-state index >= 15 is 0 Å². The van der Waals surface area contributed by atoms with Crippen LogP contribution in [0.5, 0.6) is 0 Å². The van der Waals surface area contributed by atoms with E-state index in [4.69, 9.17) is 52.8 Å². The average molecular weight is 712 g/mol. The molecule has 1 amide bonds. The van der Waals surface area contributed by atoms with E-state index in [2.05, 4.69) is 5.32 Å². The highest BCUT2D eigenvalue weighted by Crippen LogP contribution is 2.37. The second kappa shape index (κ2) is 32.0. The van der Waals surface area contributed by atoms with Gasteiger partial charge < -0.3 is 58.2 Å². The summed E-state index contributed by atoms with van der Waals surface area (Å²) in [4.78, 5) is 36.3. The topological polar surface area (TPSA) is 187 Å². The highest BCUT2D eigenvalue weighted by atomic mass is 16.6. The van der Waals surface area contributed by atoms with Gasteiger partial charge in [-0.05, 0) is 32.6 Å². The summed E-state index contributed by atoms with van der Waals surface area (Å²) >= 11 is 0. The fraction of sp³-hybridized carbons (Fsp3) is 0.912. The third-order valence-corrected chi connectivity index (χ3v) is 7.37. The van der Waals surface area contributed by atoms with Crippen molar-refractivity contribution in [2.24, 2.45) is 10.8 Å². The highest BCUT2D eigenvalue weighted by molar-refractivity contribution is 5.83. The van der Waals surface area contributed by atoms with Crippen molar-refractivity contribution in [3.8, 4) is 0 Å². The Morgan fingerprint density at radius 2 is 0.959 bits per heavy atom. The van der Waals surface area contributed by atoms with Gasteiger partial charge >= 0.3 is 11.9 Å². The standard InChI is InChI=1S/C34H65NO14/c1-5-34(4,29-33(2,3)31(39)35-10-8-6-7-9-30(37)38)32(40)49-28-27-48-26-25-47-24-23-46-22-21-45-20-19-44-18-17-43-16-15-42-14-13-41-12-11-36/h36H,5-29H2,1-4H3,(H,35,39)(H,37,38). The number of esters is 1. The molecule has 0 aliphatic carbocycles. The molecule has 0 heterocycles. The lowest BCUT2D eigenvalue weighted by atomic mass is 9.72. The van der Waals surface area contributed by atoms with Crippen molar-refractivity contribution in [2.45, 2.75) is 66.2 Å². The zero-order chi connectivity index (χ0) is 36.5. The first-order valence-electron chi connectivity index (χ1n) is 17.5. The van der Waals surface area contributed by atoms with E-state index < -0.39 is 16.8 Å². The second-order valence-corrected chi connectivity index (χ2v) is 12.2. The van der Waals surface area contributed by atoms with Crippen molar-refractivity contribution >= 4 is 17.8 Å². The fourth-order valence-electron chi connectivity index (χ4n) is 4.49. The van der Waals surface area contributed by atoms with Gasteiger partial charge in [0.25, 0.3) is 0 Å². The first-order valence-corrected chi connectivity index (χ1v) is 17.5. The molecule has 1 unspecified atom stereocenters. The number of aliphatic hydroxyl groups excluding tert-OH is 1. The molecular weight excluding hydrogens is 646 g/mol. The number of aliphatic hydroxyl groups is 1. The molecule has 0 saturated carbocycles. The summed E-state index contributed by atoms with van der Waals surface area (Å²) < 4.78 is 48.6. The molecule has 49 heavy (non-hydrogen) atoms. The Hall–Kier alpha value is -1.95. The Labute approximate surface area is 292 Å². The molecule has 1 atom stereocenters. The van der Waals surface area contributed by atoms with Crippen molar-refractivity contribution in [2.75, 3.05) is 125 Å². The van der Waals surface area contributed by atoms with E-state index in [0.29, 0.717) is 131 Å². The van der Waals surface area contributed by atoms with Crippen LogP contribution < -0.4 is 5.32 Å². The number of hydrogen-bond acceptors (Lipinski definition) is 13. The first-order chi connectivity index (χ1) is 23.6. The van der Waals surface area contributed by atoms with Gasteiger partial charge in [0.1, 0.15) is 6.61 Å². The molecule has 0 aromatic heterocycles. The van der Waals surface area contributed by atoms with Crippen LogP contribution in [0.2, 0.25) is 0 Å². The SMILES string of the molecule is CCC(C)(CC(C)(C)C(=O)NCCCCCC(=O)O)C(=O)OCCOCCOCCOCCOCCOCCOCCOCCOCCO. The maximum Gasteiger partial charge on any atom is 0.311 e. The molecule has 0 radical (unpaired) electrons. The van der Waals surface area contributed by atoms with Gasteiger partial charge in [-0.15, -0.1) is 0 Å². The predicted molar refractivity (Wildman–Crippen MR) is 181 cm³/mol. The lowest BCUT2D eigenvalue weighted by molar-refractivity contribution is -0.159. The summed E-state index contributed by atoms with van der Waals surface area (Å²) in [6.45, 7) is 14.8. The molecule has 0 aromatic carbocycles. The van der Waals surface area contributed by atoms with Gasteiger partial charge in [-0.25, -0.2) is 0 Å². The van der Waals surface area contributed by atoms with Crippen LogP contribution in [0.4, 0.5) is 0 Å². The lowest BCUT2D eigenvalue weighted by Gasteiger charge is -2.34. The number of hydrogen-bond donors (Lipinski definition) is 3. The predicted octanol–water partition coefficient (Wildman–Crippen LogP) is 2.25. The normalized spacial score (nSPS) is 12.9. The molecule has 3 N–H and O–H groups in total. The van der Waals surface area contributed by atoms with Crippen LogP contribution in [0.25, 0.3) is 0 Å². The Kier molecular flexibility index (Phi) is 30.7. The largest absolute Gasteiger partial charge is 0.481 e. The second-order valence-electron chi connectivity index (χ2n) is 12.2. The Morgan fingerprint density at radius 1 is 0.571 bits per heavy atom. The number of unbranched alkanes of at least 4 members (excludes halogenated alkanes) is 2. The first kappa shape index (κ1) is 47.0. The average Bonchev–Trinajstić information content (AvgIpc) is 3.07. The van der Waals surface area contributed by atoms with Crippen molar-refractivity contribution < 1.29 is 67.2 Å². The molecule has 15 heteroatoms. The summed E-state index contributed by atoms with van der Waals surface area (Å²) in [7, 11) is 0. The molecule has 0 aromatic rings. The summed E-state index contributed by atoms with van der Waals surface area (Å²) in [6, 6.07) is 0. The highest BCUT2D eigenvalue weighted by Gasteiger charge is 2.41. The van der Waals surface area contributed by atoms with Crippen molar-refractivity contribution in [1.82, 2.24) is 5.32 Å². The molecule has 0 saturated heterocycles. The minimum absolute atomic E-state index is 0.0121. The van der Waals surface area contributed by atoms with E-state index in [0.717, 1.165) is 6.42 Å². The van der Waals surface area contributed by atoms with Crippen molar-refractivity contribution in [3.05, 3.63) is 0 Å². The van der Waals surface area contributed by atoms with Gasteiger partial charge in [0.05, 0.1) is 118 Å².